The van der Waals surface area contributed by atoms with Crippen LogP contribution in [0.15, 0.2) is 182 Å². The fourth-order valence-corrected chi connectivity index (χ4v) is 12.6. The topological polar surface area (TPSA) is 6.48 Å². The number of benzene rings is 8. The number of para-hydroxylation sites is 2. The van der Waals surface area contributed by atoms with Gasteiger partial charge < -0.3 is 9.80 Å². The first-order chi connectivity index (χ1) is 29.5. The third-order valence-electron chi connectivity index (χ3n) is 15.0. The summed E-state index contributed by atoms with van der Waals surface area (Å²) in [7, 11) is 0. The Balaban J connectivity index is 1.13. The molecule has 4 aliphatic carbocycles. The van der Waals surface area contributed by atoms with Crippen molar-refractivity contribution in [3.05, 3.63) is 215 Å². The Morgan fingerprint density at radius 2 is 0.967 bits per heavy atom. The smallest absolute Gasteiger partial charge is 0.0540 e. The van der Waals surface area contributed by atoms with Gasteiger partial charge in [-0.15, -0.1) is 0 Å². The highest BCUT2D eigenvalue weighted by Gasteiger charge is 2.59. The molecule has 1 spiro atoms. The quantitative estimate of drug-likeness (QED) is 0.166. The molecule has 8 aromatic rings. The van der Waals surface area contributed by atoms with Crippen molar-refractivity contribution in [3.8, 4) is 11.1 Å². The van der Waals surface area contributed by atoms with Gasteiger partial charge >= 0.3 is 0 Å². The molecule has 4 aliphatic rings. The first-order valence-electron chi connectivity index (χ1n) is 22.2. The lowest BCUT2D eigenvalue weighted by atomic mass is 9.63. The van der Waals surface area contributed by atoms with Crippen LogP contribution in [0.3, 0.4) is 0 Å². The zero-order chi connectivity index (χ0) is 40.0. The Morgan fingerprint density at radius 1 is 0.433 bits per heavy atom. The maximum atomic E-state index is 2.62. The Labute approximate surface area is 354 Å². The van der Waals surface area contributed by atoms with Gasteiger partial charge in [-0.2, -0.15) is 0 Å². The highest BCUT2D eigenvalue weighted by atomic mass is 15.2. The van der Waals surface area contributed by atoms with E-state index in [9.17, 15) is 0 Å². The molecular formula is C58H50N2. The summed E-state index contributed by atoms with van der Waals surface area (Å²) in [6, 6.07) is 68.9. The van der Waals surface area contributed by atoms with E-state index in [0.717, 1.165) is 12.8 Å². The Hall–Kier alpha value is -6.38. The average Bonchev–Trinajstić information content (AvgIpc) is 3.84. The Kier molecular flexibility index (Phi) is 8.05. The van der Waals surface area contributed by atoms with Crippen LogP contribution >= 0.6 is 0 Å². The molecule has 1 fully saturated rings. The molecule has 0 radical (unpaired) electrons. The average molecular weight is 775 g/mol. The SMILES string of the molecule is CC1(C)c2ccccc2-c2ccc(N(c3ccccc3)c3cccc4c3C35c6c(cccc6N(c6ccccc6)c6cccc7ccccc67)CC3CCCCC5C4)cc21. The standard InChI is InChI=1S/C58H50N2/c1-57(2)50-30-14-13-29-48(50)49-35-34-46(38-51(49)57)59(44-24-5-3-6-25-44)53-32-16-20-40-36-42-22-10-11-23-43-37-41-21-17-33-54(56(41)58(42,43)55(40)53)60(45-26-7-4-8-27-45)52-31-15-19-39-18-9-12-28-47(39)52/h3-9,12-21,24-35,38,42-43H,10-11,22-23,36-37H2,1-2H3. The first kappa shape index (κ1) is 35.6. The summed E-state index contributed by atoms with van der Waals surface area (Å²) in [4.78, 5) is 5.23. The molecule has 0 N–H and O–H groups in total. The summed E-state index contributed by atoms with van der Waals surface area (Å²) in [6.45, 7) is 4.80. The van der Waals surface area contributed by atoms with Gasteiger partial charge in [0.05, 0.1) is 17.1 Å². The molecule has 0 aromatic heterocycles. The van der Waals surface area contributed by atoms with Crippen molar-refractivity contribution in [2.45, 2.75) is 63.2 Å². The highest BCUT2D eigenvalue weighted by molar-refractivity contribution is 6.00. The van der Waals surface area contributed by atoms with Crippen molar-refractivity contribution in [3.63, 3.8) is 0 Å². The molecule has 12 rings (SSSR count). The van der Waals surface area contributed by atoms with Crippen molar-refractivity contribution >= 4 is 44.9 Å². The van der Waals surface area contributed by atoms with Crippen molar-refractivity contribution in [1.82, 2.24) is 0 Å². The predicted octanol–water partition coefficient (Wildman–Crippen LogP) is 15.3. The third-order valence-corrected chi connectivity index (χ3v) is 15.0. The van der Waals surface area contributed by atoms with E-state index in [0.29, 0.717) is 11.8 Å². The maximum Gasteiger partial charge on any atom is 0.0540 e. The van der Waals surface area contributed by atoms with Crippen LogP contribution in [0.5, 0.6) is 0 Å². The first-order valence-corrected chi connectivity index (χ1v) is 22.2. The molecule has 0 amide bonds. The number of nitrogens with zero attached hydrogens (tertiary/aromatic N) is 2. The van der Waals surface area contributed by atoms with Gasteiger partial charge in [-0.05, 0) is 142 Å². The second-order valence-corrected chi connectivity index (χ2v) is 18.3. The van der Waals surface area contributed by atoms with Crippen molar-refractivity contribution in [2.24, 2.45) is 11.8 Å². The summed E-state index contributed by atoms with van der Waals surface area (Å²) in [5.41, 5.74) is 19.0. The van der Waals surface area contributed by atoms with Gasteiger partial charge in [0.1, 0.15) is 0 Å². The van der Waals surface area contributed by atoms with Crippen LogP contribution in [0.4, 0.5) is 34.1 Å². The predicted molar refractivity (Wildman–Crippen MR) is 251 cm³/mol. The molecular weight excluding hydrogens is 725 g/mol. The highest BCUT2D eigenvalue weighted by Crippen LogP contribution is 2.67. The molecule has 2 heteroatoms. The normalized spacial score (nSPS) is 20.3. The fraction of sp³-hybridized carbons (Fsp3) is 0.207. The number of hydrogen-bond acceptors (Lipinski definition) is 2. The summed E-state index contributed by atoms with van der Waals surface area (Å²) in [5.74, 6) is 1.03. The molecule has 0 heterocycles. The molecule has 3 unspecified atom stereocenters. The van der Waals surface area contributed by atoms with Gasteiger partial charge in [-0.1, -0.05) is 154 Å². The third kappa shape index (κ3) is 5.06. The minimum Gasteiger partial charge on any atom is -0.310 e. The molecule has 0 aliphatic heterocycles. The largest absolute Gasteiger partial charge is 0.310 e. The van der Waals surface area contributed by atoms with E-state index in [1.807, 2.05) is 0 Å². The van der Waals surface area contributed by atoms with Crippen LogP contribution in [0.25, 0.3) is 21.9 Å². The van der Waals surface area contributed by atoms with E-state index >= 15 is 0 Å². The Morgan fingerprint density at radius 3 is 1.67 bits per heavy atom. The lowest BCUT2D eigenvalue weighted by Gasteiger charge is -2.43. The van der Waals surface area contributed by atoms with Gasteiger partial charge in [-0.3, -0.25) is 0 Å². The van der Waals surface area contributed by atoms with Crippen molar-refractivity contribution in [1.29, 1.82) is 0 Å². The number of fused-ring (bicyclic) bond motifs is 6. The zero-order valence-corrected chi connectivity index (χ0v) is 34.6. The molecule has 0 bridgehead atoms. The van der Waals surface area contributed by atoms with Crippen molar-refractivity contribution in [2.75, 3.05) is 9.80 Å². The van der Waals surface area contributed by atoms with Crippen molar-refractivity contribution < 1.29 is 0 Å². The van der Waals surface area contributed by atoms with E-state index in [-0.39, 0.29) is 10.8 Å². The molecule has 2 nitrogen and oxygen atoms in total. The summed E-state index contributed by atoms with van der Waals surface area (Å²) in [5, 5.41) is 2.54. The van der Waals surface area contributed by atoms with E-state index in [1.165, 1.54) is 104 Å². The lowest BCUT2D eigenvalue weighted by Crippen LogP contribution is -2.39. The molecule has 1 saturated carbocycles. The van der Waals surface area contributed by atoms with Crippen LogP contribution in [0.2, 0.25) is 0 Å². The van der Waals surface area contributed by atoms with Gasteiger partial charge in [-0.25, -0.2) is 0 Å². The second kappa shape index (κ2) is 13.6. The van der Waals surface area contributed by atoms with Gasteiger partial charge in [0.15, 0.2) is 0 Å². The van der Waals surface area contributed by atoms with E-state index in [2.05, 4.69) is 206 Å². The van der Waals surface area contributed by atoms with E-state index in [4.69, 9.17) is 0 Å². The summed E-state index contributed by atoms with van der Waals surface area (Å²) < 4.78 is 0. The number of anilines is 6. The van der Waals surface area contributed by atoms with Crippen LogP contribution < -0.4 is 9.80 Å². The van der Waals surface area contributed by atoms with Gasteiger partial charge in [0.2, 0.25) is 0 Å². The minimum absolute atomic E-state index is 0.0963. The summed E-state index contributed by atoms with van der Waals surface area (Å²) >= 11 is 0. The van der Waals surface area contributed by atoms with Crippen LogP contribution in [0, 0.1) is 11.8 Å². The van der Waals surface area contributed by atoms with E-state index in [1.54, 1.807) is 11.1 Å². The molecule has 3 atom stereocenters. The Bertz CT molecular complexity index is 2930. The molecule has 60 heavy (non-hydrogen) atoms. The van der Waals surface area contributed by atoms with Crippen LogP contribution in [-0.4, -0.2) is 0 Å². The fourth-order valence-electron chi connectivity index (χ4n) is 12.6. The van der Waals surface area contributed by atoms with Gasteiger partial charge in [0, 0.05) is 33.3 Å². The maximum absolute atomic E-state index is 2.62. The molecule has 8 aromatic carbocycles. The van der Waals surface area contributed by atoms with Crippen LogP contribution in [-0.2, 0) is 23.7 Å². The zero-order valence-electron chi connectivity index (χ0n) is 34.6. The number of hydrogen-bond donors (Lipinski definition) is 0. The van der Waals surface area contributed by atoms with E-state index < -0.39 is 0 Å². The van der Waals surface area contributed by atoms with Gasteiger partial charge in [0.25, 0.3) is 0 Å². The van der Waals surface area contributed by atoms with Crippen LogP contribution in [0.1, 0.15) is 72.9 Å². The molecule has 0 saturated heterocycles. The summed E-state index contributed by atoms with van der Waals surface area (Å²) in [6.07, 6.45) is 7.30. The minimum atomic E-state index is -0.148. The number of rotatable bonds is 6. The molecule has 292 valence electrons. The second-order valence-electron chi connectivity index (χ2n) is 18.3. The lowest BCUT2D eigenvalue weighted by molar-refractivity contribution is 0.258. The monoisotopic (exact) mass is 774 g/mol.